The van der Waals surface area contributed by atoms with Crippen LogP contribution in [0.2, 0.25) is 0 Å². The number of aromatic hydroxyl groups is 1. The number of Topliss-reactive ketones (excluding diaryl/α,β-unsaturated/α-hetero) is 2. The third kappa shape index (κ3) is 2.23. The van der Waals surface area contributed by atoms with Crippen molar-refractivity contribution >= 4 is 17.9 Å². The molecule has 0 bridgehead atoms. The van der Waals surface area contributed by atoms with E-state index in [1.807, 2.05) is 0 Å². The van der Waals surface area contributed by atoms with Crippen molar-refractivity contribution in [2.75, 3.05) is 0 Å². The van der Waals surface area contributed by atoms with Crippen molar-refractivity contribution in [3.8, 4) is 17.2 Å². The van der Waals surface area contributed by atoms with Gasteiger partial charge in [-0.2, -0.15) is 0 Å². The summed E-state index contributed by atoms with van der Waals surface area (Å²) in [6.07, 6.45) is 3.51. The summed E-state index contributed by atoms with van der Waals surface area (Å²) in [5, 5.41) is 9.85. The molecule has 0 saturated heterocycles. The van der Waals surface area contributed by atoms with Gasteiger partial charge in [0.1, 0.15) is 11.3 Å². The monoisotopic (exact) mass is 287 g/mol. The highest BCUT2D eigenvalue weighted by atomic mass is 16.6. The van der Waals surface area contributed by atoms with Crippen molar-refractivity contribution in [2.24, 2.45) is 17.6 Å². The number of ketones is 2. The number of hydrogen-bond donors (Lipinski definition) is 2. The van der Waals surface area contributed by atoms with Crippen molar-refractivity contribution in [3.05, 3.63) is 29.8 Å². The fourth-order valence-electron chi connectivity index (χ4n) is 2.63. The first kappa shape index (κ1) is 13.5. The summed E-state index contributed by atoms with van der Waals surface area (Å²) in [6, 6.07) is 2.39. The molecule has 3 N–H and O–H groups in total. The third-order valence-electron chi connectivity index (χ3n) is 3.87. The number of carbonyl (C=O) groups excluding carboxylic acids is 3. The lowest BCUT2D eigenvalue weighted by molar-refractivity contribution is -0.131. The van der Waals surface area contributed by atoms with Crippen LogP contribution in [0.5, 0.6) is 17.2 Å². The predicted molar refractivity (Wildman–Crippen MR) is 72.3 cm³/mol. The van der Waals surface area contributed by atoms with Crippen LogP contribution in [0.25, 0.3) is 0 Å². The molecular weight excluding hydrogens is 274 g/mol. The Kier molecular flexibility index (Phi) is 3.10. The Hall–Kier alpha value is -2.47. The Morgan fingerprint density at radius 3 is 2.81 bits per heavy atom. The van der Waals surface area contributed by atoms with Crippen molar-refractivity contribution in [2.45, 2.75) is 12.5 Å². The van der Waals surface area contributed by atoms with Crippen LogP contribution in [0.1, 0.15) is 16.8 Å². The van der Waals surface area contributed by atoms with Gasteiger partial charge in [-0.05, 0) is 18.6 Å². The summed E-state index contributed by atoms with van der Waals surface area (Å²) in [6.45, 7) is 0. The predicted octanol–water partition coefficient (Wildman–Crippen LogP) is 0.968. The first-order valence-electron chi connectivity index (χ1n) is 6.54. The van der Waals surface area contributed by atoms with Gasteiger partial charge in [0.25, 0.3) is 0 Å². The van der Waals surface area contributed by atoms with E-state index < -0.39 is 23.7 Å². The van der Waals surface area contributed by atoms with E-state index in [9.17, 15) is 19.5 Å². The lowest BCUT2D eigenvalue weighted by atomic mass is 9.78. The van der Waals surface area contributed by atoms with Gasteiger partial charge in [-0.15, -0.1) is 0 Å². The molecule has 1 aromatic rings. The minimum atomic E-state index is -0.675. The Bertz CT molecular complexity index is 675. The maximum atomic E-state index is 12.6. The molecule has 3 rings (SSSR count). The van der Waals surface area contributed by atoms with E-state index in [4.69, 9.17) is 10.5 Å². The molecule has 0 spiro atoms. The quantitative estimate of drug-likeness (QED) is 0.285. The average molecular weight is 287 g/mol. The molecule has 0 amide bonds. The zero-order valence-corrected chi connectivity index (χ0v) is 11.0. The highest BCUT2D eigenvalue weighted by molar-refractivity contribution is 6.26. The van der Waals surface area contributed by atoms with Gasteiger partial charge in [0.15, 0.2) is 23.6 Å². The number of aldehydes is 1. The number of carbonyl (C=O) groups is 3. The average Bonchev–Trinajstić information content (AvgIpc) is 3.25. The van der Waals surface area contributed by atoms with E-state index in [1.54, 1.807) is 18.2 Å². The normalized spacial score (nSPS) is 25.7. The number of nitrogens with two attached hydrogens (primary N) is 1. The minimum Gasteiger partial charge on any atom is -0.507 e. The van der Waals surface area contributed by atoms with E-state index in [-0.39, 0.29) is 29.8 Å². The number of phenolic OH excluding ortho intramolecular Hbond substituents is 1. The van der Waals surface area contributed by atoms with Crippen LogP contribution in [-0.2, 0) is 9.59 Å². The molecule has 0 saturated carbocycles. The zero-order valence-electron chi connectivity index (χ0n) is 11.0. The maximum Gasteiger partial charge on any atom is 0.202 e. The van der Waals surface area contributed by atoms with Gasteiger partial charge in [-0.25, -0.2) is 0 Å². The topological polar surface area (TPSA) is 110 Å². The number of rotatable bonds is 4. The number of benzene rings is 1. The van der Waals surface area contributed by atoms with Crippen LogP contribution < -0.4 is 10.5 Å². The second kappa shape index (κ2) is 4.82. The molecule has 1 aromatic carbocycles. The molecule has 108 valence electrons. The number of hydrogen-bond acceptors (Lipinski definition) is 6. The van der Waals surface area contributed by atoms with Crippen molar-refractivity contribution in [3.63, 3.8) is 0 Å². The van der Waals surface area contributed by atoms with Crippen LogP contribution in [0.15, 0.2) is 24.3 Å². The molecule has 6 heteroatoms. The van der Waals surface area contributed by atoms with Crippen LogP contribution in [-0.4, -0.2) is 29.0 Å². The van der Waals surface area contributed by atoms with Crippen molar-refractivity contribution in [1.82, 2.24) is 0 Å². The van der Waals surface area contributed by atoms with E-state index in [0.717, 1.165) is 0 Å². The number of phenols is 1. The zero-order chi connectivity index (χ0) is 15.1. The summed E-state index contributed by atoms with van der Waals surface area (Å²) in [4.78, 5) is 34.7. The van der Waals surface area contributed by atoms with Crippen LogP contribution in [0.3, 0.4) is 0 Å². The lowest BCUT2D eigenvalue weighted by Crippen LogP contribution is -2.39. The van der Waals surface area contributed by atoms with Crippen LogP contribution in [0, 0.1) is 11.8 Å². The van der Waals surface area contributed by atoms with Gasteiger partial charge >= 0.3 is 0 Å². The molecule has 1 heterocycles. The standard InChI is InChI=1S/C15H13NO5/c16-9-2-1-7(11(19)6-17)5-8(9)14(20)13-10(18)3-4-12-15(13)21-12/h1-4,6-9,18H,5,16H2. The summed E-state index contributed by atoms with van der Waals surface area (Å²) in [5.41, 5.74) is 6.01. The Labute approximate surface area is 120 Å². The fourth-order valence-corrected chi connectivity index (χ4v) is 2.63. The van der Waals surface area contributed by atoms with Gasteiger partial charge in [0.2, 0.25) is 5.78 Å². The van der Waals surface area contributed by atoms with Gasteiger partial charge < -0.3 is 15.6 Å². The Morgan fingerprint density at radius 1 is 1.33 bits per heavy atom. The number of allylic oxidation sites excluding steroid dienone is 1. The third-order valence-corrected chi connectivity index (χ3v) is 3.87. The van der Waals surface area contributed by atoms with E-state index >= 15 is 0 Å². The van der Waals surface area contributed by atoms with Gasteiger partial charge in [0.05, 0.1) is 0 Å². The fraction of sp³-hybridized carbons (Fsp3) is 0.267. The summed E-state index contributed by atoms with van der Waals surface area (Å²) in [5.74, 6) is -1.53. The maximum absolute atomic E-state index is 12.6. The first-order valence-corrected chi connectivity index (χ1v) is 6.54. The molecule has 1 aliphatic heterocycles. The Morgan fingerprint density at radius 2 is 2.10 bits per heavy atom. The van der Waals surface area contributed by atoms with Crippen LogP contribution >= 0.6 is 0 Å². The van der Waals surface area contributed by atoms with E-state index in [2.05, 4.69) is 0 Å². The van der Waals surface area contributed by atoms with Gasteiger partial charge in [-0.1, -0.05) is 12.2 Å². The van der Waals surface area contributed by atoms with Crippen molar-refractivity contribution in [1.29, 1.82) is 0 Å². The summed E-state index contributed by atoms with van der Waals surface area (Å²) in [7, 11) is 0. The van der Waals surface area contributed by atoms with Crippen LogP contribution in [0.4, 0.5) is 0 Å². The molecule has 2 aliphatic rings. The minimum absolute atomic E-state index is 0.0977. The second-order valence-electron chi connectivity index (χ2n) is 5.18. The van der Waals surface area contributed by atoms with Gasteiger partial charge in [0, 0.05) is 17.9 Å². The molecule has 21 heavy (non-hydrogen) atoms. The van der Waals surface area contributed by atoms with Crippen molar-refractivity contribution < 1.29 is 24.2 Å². The van der Waals surface area contributed by atoms with E-state index in [0.29, 0.717) is 11.5 Å². The lowest BCUT2D eigenvalue weighted by Gasteiger charge is -2.27. The molecular formula is C15H13NO5. The summed E-state index contributed by atoms with van der Waals surface area (Å²) < 4.78 is 5.13. The largest absolute Gasteiger partial charge is 0.507 e. The smallest absolute Gasteiger partial charge is 0.202 e. The number of ether oxygens (including phenoxy) is 1. The second-order valence-corrected chi connectivity index (χ2v) is 5.18. The number of fused-ring (bicyclic) bond motifs is 1. The molecule has 0 radical (unpaired) electrons. The van der Waals surface area contributed by atoms with Gasteiger partial charge in [-0.3, -0.25) is 14.4 Å². The molecule has 1 aliphatic carbocycles. The molecule has 6 nitrogen and oxygen atoms in total. The SMILES string of the molecule is NC1C=CC(C(=O)C=O)CC1C(=O)c1c(O)ccc2c1O2. The highest BCUT2D eigenvalue weighted by Crippen LogP contribution is 2.52. The molecule has 3 atom stereocenters. The molecule has 3 unspecified atom stereocenters. The molecule has 0 fully saturated rings. The summed E-state index contributed by atoms with van der Waals surface area (Å²) >= 11 is 0. The van der Waals surface area contributed by atoms with E-state index in [1.165, 1.54) is 6.07 Å². The Balaban J connectivity index is 1.90. The first-order chi connectivity index (χ1) is 10.0. The highest BCUT2D eigenvalue weighted by Gasteiger charge is 2.39. The molecule has 0 aromatic heterocycles.